The van der Waals surface area contributed by atoms with Gasteiger partial charge in [0.2, 0.25) is 0 Å². The van der Waals surface area contributed by atoms with Crippen molar-refractivity contribution in [1.82, 2.24) is 24.6 Å². The Hall–Kier alpha value is -2.37. The van der Waals surface area contributed by atoms with Gasteiger partial charge in [0.15, 0.2) is 5.65 Å². The topological polar surface area (TPSA) is 70.9 Å². The highest BCUT2D eigenvalue weighted by Crippen LogP contribution is 2.23. The van der Waals surface area contributed by atoms with Gasteiger partial charge in [0, 0.05) is 29.7 Å². The van der Waals surface area contributed by atoms with Crippen LogP contribution >= 0.6 is 0 Å². The Labute approximate surface area is 130 Å². The van der Waals surface area contributed by atoms with Crippen LogP contribution in [0.4, 0.5) is 5.82 Å². The van der Waals surface area contributed by atoms with Gasteiger partial charge in [-0.25, -0.2) is 9.97 Å². The third-order valence-corrected chi connectivity index (χ3v) is 3.75. The number of aromatic nitrogens is 5. The zero-order valence-corrected chi connectivity index (χ0v) is 13.5. The summed E-state index contributed by atoms with van der Waals surface area (Å²) in [5, 5.41) is 7.92. The molecule has 1 atom stereocenters. The maximum Gasteiger partial charge on any atom is 0.157 e. The number of nitrogens with one attached hydrogen (secondary N) is 2. The van der Waals surface area contributed by atoms with Crippen molar-refractivity contribution in [1.29, 1.82) is 0 Å². The molecule has 0 radical (unpaired) electrons. The van der Waals surface area contributed by atoms with E-state index in [-0.39, 0.29) is 6.04 Å². The zero-order valence-electron chi connectivity index (χ0n) is 13.5. The number of aryl methyl sites for hydroxylation is 1. The molecule has 3 heterocycles. The van der Waals surface area contributed by atoms with E-state index in [1.54, 1.807) is 6.20 Å². The maximum absolute atomic E-state index is 4.64. The number of aromatic amines is 1. The predicted molar refractivity (Wildman–Crippen MR) is 87.1 cm³/mol. The van der Waals surface area contributed by atoms with Gasteiger partial charge in [-0.05, 0) is 19.3 Å². The fourth-order valence-electron chi connectivity index (χ4n) is 2.48. The van der Waals surface area contributed by atoms with Gasteiger partial charge in [-0.15, -0.1) is 0 Å². The summed E-state index contributed by atoms with van der Waals surface area (Å²) in [6.45, 7) is 8.44. The molecule has 0 spiro atoms. The molecular weight excluding hydrogens is 276 g/mol. The van der Waals surface area contributed by atoms with E-state index in [0.29, 0.717) is 5.92 Å². The minimum atomic E-state index is 0.114. The second-order valence-electron chi connectivity index (χ2n) is 5.88. The number of H-pyrrole nitrogens is 1. The third-order valence-electron chi connectivity index (χ3n) is 3.75. The van der Waals surface area contributed by atoms with Gasteiger partial charge in [0.05, 0.1) is 12.2 Å². The number of nitrogens with zero attached hydrogens (tertiary/aromatic N) is 4. The molecule has 3 aromatic rings. The van der Waals surface area contributed by atoms with Crippen molar-refractivity contribution in [2.75, 3.05) is 5.32 Å². The maximum atomic E-state index is 4.64. The monoisotopic (exact) mass is 298 g/mol. The standard InChI is InChI=1S/C16H22N6/c1-5-12(16-17-9-11(4)19-16)20-15-8-13(10(2)3)21-14-6-7-18-22(14)15/h6-10,12,20H,5H2,1-4H3,(H,17,19). The van der Waals surface area contributed by atoms with Crippen LogP contribution in [0.2, 0.25) is 0 Å². The molecule has 0 aliphatic heterocycles. The van der Waals surface area contributed by atoms with Crippen LogP contribution in [0.25, 0.3) is 5.65 Å². The first-order valence-corrected chi connectivity index (χ1v) is 7.71. The molecule has 0 aromatic carbocycles. The van der Waals surface area contributed by atoms with E-state index in [0.717, 1.165) is 35.1 Å². The second kappa shape index (κ2) is 5.79. The Morgan fingerprint density at radius 3 is 2.82 bits per heavy atom. The number of hydrogen-bond donors (Lipinski definition) is 2. The van der Waals surface area contributed by atoms with Crippen molar-refractivity contribution in [3.8, 4) is 0 Å². The number of hydrogen-bond acceptors (Lipinski definition) is 4. The highest BCUT2D eigenvalue weighted by atomic mass is 15.3. The normalized spacial score (nSPS) is 13.0. The van der Waals surface area contributed by atoms with E-state index in [1.165, 1.54) is 0 Å². The number of rotatable bonds is 5. The van der Waals surface area contributed by atoms with Crippen LogP contribution in [0.3, 0.4) is 0 Å². The van der Waals surface area contributed by atoms with Crippen LogP contribution in [0.1, 0.15) is 56.4 Å². The molecule has 0 fully saturated rings. The highest BCUT2D eigenvalue weighted by Gasteiger charge is 2.16. The summed E-state index contributed by atoms with van der Waals surface area (Å²) in [4.78, 5) is 12.4. The Morgan fingerprint density at radius 2 is 2.18 bits per heavy atom. The number of anilines is 1. The quantitative estimate of drug-likeness (QED) is 0.757. The molecule has 0 amide bonds. The SMILES string of the molecule is CCC(Nc1cc(C(C)C)nc2ccnn12)c1ncc(C)[nH]1. The lowest BCUT2D eigenvalue weighted by atomic mass is 10.1. The summed E-state index contributed by atoms with van der Waals surface area (Å²) >= 11 is 0. The van der Waals surface area contributed by atoms with Crippen molar-refractivity contribution in [3.63, 3.8) is 0 Å². The summed E-state index contributed by atoms with van der Waals surface area (Å²) in [6, 6.07) is 4.11. The predicted octanol–water partition coefficient (Wildman–Crippen LogP) is 3.45. The lowest BCUT2D eigenvalue weighted by Crippen LogP contribution is -2.15. The largest absolute Gasteiger partial charge is 0.360 e. The van der Waals surface area contributed by atoms with Crippen LogP contribution in [0, 0.1) is 6.92 Å². The third kappa shape index (κ3) is 2.68. The summed E-state index contributed by atoms with van der Waals surface area (Å²) in [6.07, 6.45) is 4.56. The first-order chi connectivity index (χ1) is 10.6. The van der Waals surface area contributed by atoms with E-state index >= 15 is 0 Å². The molecule has 116 valence electrons. The highest BCUT2D eigenvalue weighted by molar-refractivity contribution is 5.50. The first kappa shape index (κ1) is 14.6. The van der Waals surface area contributed by atoms with Gasteiger partial charge < -0.3 is 10.3 Å². The minimum absolute atomic E-state index is 0.114. The van der Waals surface area contributed by atoms with E-state index < -0.39 is 0 Å². The van der Waals surface area contributed by atoms with Crippen LogP contribution < -0.4 is 5.32 Å². The molecule has 0 aliphatic rings. The van der Waals surface area contributed by atoms with Crippen LogP contribution in [0.5, 0.6) is 0 Å². The Balaban J connectivity index is 1.99. The van der Waals surface area contributed by atoms with E-state index in [9.17, 15) is 0 Å². The van der Waals surface area contributed by atoms with Crippen LogP contribution in [-0.2, 0) is 0 Å². The average Bonchev–Trinajstić information content (AvgIpc) is 3.12. The number of imidazole rings is 1. The van der Waals surface area contributed by atoms with Crippen LogP contribution in [0.15, 0.2) is 24.5 Å². The van der Waals surface area contributed by atoms with Crippen LogP contribution in [-0.4, -0.2) is 24.6 Å². The fourth-order valence-corrected chi connectivity index (χ4v) is 2.48. The minimum Gasteiger partial charge on any atom is -0.360 e. The average molecular weight is 298 g/mol. The van der Waals surface area contributed by atoms with Gasteiger partial charge in [-0.3, -0.25) is 0 Å². The Bertz CT molecular complexity index is 770. The Morgan fingerprint density at radius 1 is 1.36 bits per heavy atom. The molecule has 0 saturated carbocycles. The lowest BCUT2D eigenvalue weighted by Gasteiger charge is -2.18. The smallest absolute Gasteiger partial charge is 0.157 e. The van der Waals surface area contributed by atoms with E-state index in [2.05, 4.69) is 52.2 Å². The second-order valence-corrected chi connectivity index (χ2v) is 5.88. The van der Waals surface area contributed by atoms with Gasteiger partial charge in [-0.1, -0.05) is 20.8 Å². The first-order valence-electron chi connectivity index (χ1n) is 7.71. The summed E-state index contributed by atoms with van der Waals surface area (Å²) < 4.78 is 1.84. The van der Waals surface area contributed by atoms with Gasteiger partial charge in [0.25, 0.3) is 0 Å². The molecule has 22 heavy (non-hydrogen) atoms. The molecule has 6 heteroatoms. The van der Waals surface area contributed by atoms with Crippen molar-refractivity contribution in [2.45, 2.75) is 46.1 Å². The summed E-state index contributed by atoms with van der Waals surface area (Å²) in [5.74, 6) is 2.26. The molecule has 0 bridgehead atoms. The molecule has 6 nitrogen and oxygen atoms in total. The number of fused-ring (bicyclic) bond motifs is 1. The molecule has 0 aliphatic carbocycles. The molecule has 2 N–H and O–H groups in total. The fraction of sp³-hybridized carbons (Fsp3) is 0.438. The van der Waals surface area contributed by atoms with E-state index in [4.69, 9.17) is 0 Å². The lowest BCUT2D eigenvalue weighted by molar-refractivity contribution is 0.690. The molecule has 1 unspecified atom stereocenters. The molecular formula is C16H22N6. The zero-order chi connectivity index (χ0) is 15.7. The summed E-state index contributed by atoms with van der Waals surface area (Å²) in [7, 11) is 0. The van der Waals surface area contributed by atoms with Crippen molar-refractivity contribution in [3.05, 3.63) is 41.7 Å². The molecule has 0 saturated heterocycles. The van der Waals surface area contributed by atoms with E-state index in [1.807, 2.05) is 23.7 Å². The Kier molecular flexibility index (Phi) is 3.83. The van der Waals surface area contributed by atoms with Crippen molar-refractivity contribution >= 4 is 11.5 Å². The van der Waals surface area contributed by atoms with Crippen molar-refractivity contribution in [2.24, 2.45) is 0 Å². The van der Waals surface area contributed by atoms with Gasteiger partial charge >= 0.3 is 0 Å². The summed E-state index contributed by atoms with van der Waals surface area (Å²) in [5.41, 5.74) is 2.98. The van der Waals surface area contributed by atoms with Crippen molar-refractivity contribution < 1.29 is 0 Å². The van der Waals surface area contributed by atoms with Gasteiger partial charge in [0.1, 0.15) is 11.6 Å². The molecule has 3 aromatic heterocycles. The van der Waals surface area contributed by atoms with Gasteiger partial charge in [-0.2, -0.15) is 9.61 Å². The molecule has 3 rings (SSSR count).